The molecule has 0 aromatic carbocycles. The molecule has 0 radical (unpaired) electrons. The van der Waals surface area contributed by atoms with Gasteiger partial charge in [0.15, 0.2) is 0 Å². The highest BCUT2D eigenvalue weighted by Crippen LogP contribution is 2.31. The van der Waals surface area contributed by atoms with Crippen LogP contribution in [-0.4, -0.2) is 40.1 Å². The fourth-order valence-electron chi connectivity index (χ4n) is 1.41. The van der Waals surface area contributed by atoms with E-state index in [1.165, 1.54) is 12.2 Å². The Balaban J connectivity index is 3.09. The quantitative estimate of drug-likeness (QED) is 0.519. The molecular weight excluding hydrogens is 228 g/mol. The first-order chi connectivity index (χ1) is 7.85. The van der Waals surface area contributed by atoms with Crippen molar-refractivity contribution in [3.8, 4) is 0 Å². The third kappa shape index (κ3) is 2.37. The Kier molecular flexibility index (Phi) is 3.69. The van der Waals surface area contributed by atoms with Crippen LogP contribution >= 0.6 is 0 Å². The van der Waals surface area contributed by atoms with Gasteiger partial charge in [0, 0.05) is 6.92 Å². The minimum absolute atomic E-state index is 0.0227. The summed E-state index contributed by atoms with van der Waals surface area (Å²) >= 11 is 0. The highest BCUT2D eigenvalue weighted by atomic mass is 16.7. The molecule has 0 aliphatic heterocycles. The maximum Gasteiger partial charge on any atom is 0.349 e. The van der Waals surface area contributed by atoms with Crippen molar-refractivity contribution >= 4 is 11.9 Å². The molecule has 2 atom stereocenters. The van der Waals surface area contributed by atoms with Gasteiger partial charge in [0.05, 0.1) is 6.61 Å². The summed E-state index contributed by atoms with van der Waals surface area (Å²) in [4.78, 5) is 22.5. The SMILES string of the molecule is CCOC(=O)C1(O)C=CC=CC1(O)OC(C)=O. The van der Waals surface area contributed by atoms with Crippen molar-refractivity contribution < 1.29 is 29.3 Å². The zero-order valence-electron chi connectivity index (χ0n) is 9.54. The van der Waals surface area contributed by atoms with Crippen LogP contribution in [0.3, 0.4) is 0 Å². The molecule has 0 bridgehead atoms. The molecule has 0 saturated heterocycles. The van der Waals surface area contributed by atoms with E-state index in [0.29, 0.717) is 0 Å². The van der Waals surface area contributed by atoms with Crippen molar-refractivity contribution in [2.45, 2.75) is 25.2 Å². The normalized spacial score (nSPS) is 31.1. The Bertz CT molecular complexity index is 385. The van der Waals surface area contributed by atoms with Gasteiger partial charge >= 0.3 is 11.9 Å². The Morgan fingerprint density at radius 3 is 2.35 bits per heavy atom. The van der Waals surface area contributed by atoms with Crippen molar-refractivity contribution in [1.82, 2.24) is 0 Å². The first kappa shape index (κ1) is 13.4. The third-order valence-corrected chi connectivity index (χ3v) is 2.20. The van der Waals surface area contributed by atoms with E-state index in [2.05, 4.69) is 9.47 Å². The summed E-state index contributed by atoms with van der Waals surface area (Å²) in [5.41, 5.74) is -2.44. The molecule has 0 aromatic heterocycles. The van der Waals surface area contributed by atoms with Crippen LogP contribution in [0.1, 0.15) is 13.8 Å². The summed E-state index contributed by atoms with van der Waals surface area (Å²) in [5.74, 6) is -4.39. The lowest BCUT2D eigenvalue weighted by atomic mass is 9.88. The van der Waals surface area contributed by atoms with Crippen LogP contribution in [0.2, 0.25) is 0 Å². The number of hydrogen-bond acceptors (Lipinski definition) is 6. The number of aliphatic hydroxyl groups is 2. The van der Waals surface area contributed by atoms with Crippen molar-refractivity contribution in [2.75, 3.05) is 6.61 Å². The lowest BCUT2D eigenvalue weighted by molar-refractivity contribution is -0.248. The summed E-state index contributed by atoms with van der Waals surface area (Å²) in [6.45, 7) is 2.62. The van der Waals surface area contributed by atoms with E-state index in [9.17, 15) is 19.8 Å². The highest BCUT2D eigenvalue weighted by molar-refractivity contribution is 5.85. The highest BCUT2D eigenvalue weighted by Gasteiger charge is 2.57. The molecule has 94 valence electrons. The van der Waals surface area contributed by atoms with E-state index in [4.69, 9.17) is 0 Å². The first-order valence-electron chi connectivity index (χ1n) is 5.04. The summed E-state index contributed by atoms with van der Waals surface area (Å²) in [5, 5.41) is 20.1. The minimum Gasteiger partial charge on any atom is -0.463 e. The summed E-state index contributed by atoms with van der Waals surface area (Å²) in [6, 6.07) is 0. The van der Waals surface area contributed by atoms with Crippen molar-refractivity contribution in [3.05, 3.63) is 24.3 Å². The van der Waals surface area contributed by atoms with Gasteiger partial charge in [-0.3, -0.25) is 4.79 Å². The smallest absolute Gasteiger partial charge is 0.349 e. The lowest BCUT2D eigenvalue weighted by Gasteiger charge is -2.37. The maximum absolute atomic E-state index is 11.6. The van der Waals surface area contributed by atoms with E-state index >= 15 is 0 Å². The number of esters is 2. The van der Waals surface area contributed by atoms with Crippen LogP contribution in [0, 0.1) is 0 Å². The van der Waals surface area contributed by atoms with Crippen molar-refractivity contribution in [2.24, 2.45) is 0 Å². The molecule has 6 heteroatoms. The first-order valence-corrected chi connectivity index (χ1v) is 5.04. The van der Waals surface area contributed by atoms with Crippen LogP contribution in [0.5, 0.6) is 0 Å². The molecule has 0 heterocycles. The predicted molar refractivity (Wildman–Crippen MR) is 56.6 cm³/mol. The molecule has 17 heavy (non-hydrogen) atoms. The largest absolute Gasteiger partial charge is 0.463 e. The van der Waals surface area contributed by atoms with Crippen LogP contribution in [0.25, 0.3) is 0 Å². The summed E-state index contributed by atoms with van der Waals surface area (Å²) in [6.07, 6.45) is 4.70. The monoisotopic (exact) mass is 242 g/mol. The van der Waals surface area contributed by atoms with Gasteiger partial charge in [0.2, 0.25) is 0 Å². The average molecular weight is 242 g/mol. The minimum atomic E-state index is -2.46. The Hall–Kier alpha value is -1.66. The zero-order chi connectivity index (χ0) is 13.1. The van der Waals surface area contributed by atoms with E-state index in [1.54, 1.807) is 6.92 Å². The Morgan fingerprint density at radius 2 is 1.82 bits per heavy atom. The number of ether oxygens (including phenoxy) is 2. The number of carbonyl (C=O) groups excluding carboxylic acids is 2. The molecular formula is C11H14O6. The third-order valence-electron chi connectivity index (χ3n) is 2.20. The second-order valence-electron chi connectivity index (χ2n) is 3.50. The molecule has 0 amide bonds. The fourth-order valence-corrected chi connectivity index (χ4v) is 1.41. The topological polar surface area (TPSA) is 93.1 Å². The molecule has 0 spiro atoms. The van der Waals surface area contributed by atoms with Gasteiger partial charge in [0.1, 0.15) is 0 Å². The number of rotatable bonds is 3. The fraction of sp³-hybridized carbons (Fsp3) is 0.455. The summed E-state index contributed by atoms with van der Waals surface area (Å²) < 4.78 is 9.23. The van der Waals surface area contributed by atoms with E-state index in [0.717, 1.165) is 19.1 Å². The second kappa shape index (κ2) is 4.68. The van der Waals surface area contributed by atoms with Gasteiger partial charge in [-0.25, -0.2) is 4.79 Å². The average Bonchev–Trinajstić information content (AvgIpc) is 2.22. The Morgan fingerprint density at radius 1 is 1.24 bits per heavy atom. The van der Waals surface area contributed by atoms with Gasteiger partial charge in [-0.2, -0.15) is 0 Å². The Labute approximate surface area is 98.1 Å². The molecule has 1 aliphatic rings. The number of allylic oxidation sites excluding steroid dienone is 2. The van der Waals surface area contributed by atoms with Crippen molar-refractivity contribution in [3.63, 3.8) is 0 Å². The van der Waals surface area contributed by atoms with Crippen LogP contribution in [-0.2, 0) is 19.1 Å². The maximum atomic E-state index is 11.6. The van der Waals surface area contributed by atoms with Gasteiger partial charge in [-0.15, -0.1) is 0 Å². The second-order valence-corrected chi connectivity index (χ2v) is 3.50. The molecule has 1 aliphatic carbocycles. The van der Waals surface area contributed by atoms with Crippen LogP contribution in [0.15, 0.2) is 24.3 Å². The van der Waals surface area contributed by atoms with E-state index in [-0.39, 0.29) is 6.61 Å². The standard InChI is InChI=1S/C11H14O6/c1-3-16-9(13)10(14)6-4-5-7-11(10,15)17-8(2)12/h4-7,14-15H,3H2,1-2H3. The molecule has 2 N–H and O–H groups in total. The van der Waals surface area contributed by atoms with E-state index in [1.807, 2.05) is 0 Å². The van der Waals surface area contributed by atoms with Gasteiger partial charge < -0.3 is 19.7 Å². The zero-order valence-corrected chi connectivity index (χ0v) is 9.54. The molecule has 2 unspecified atom stereocenters. The molecule has 0 fully saturated rings. The lowest BCUT2D eigenvalue weighted by Crippen LogP contribution is -2.60. The number of hydrogen-bond donors (Lipinski definition) is 2. The van der Waals surface area contributed by atoms with Gasteiger partial charge in [-0.1, -0.05) is 12.2 Å². The van der Waals surface area contributed by atoms with Crippen LogP contribution < -0.4 is 0 Å². The molecule has 6 nitrogen and oxygen atoms in total. The molecule has 0 saturated carbocycles. The van der Waals surface area contributed by atoms with Crippen LogP contribution in [0.4, 0.5) is 0 Å². The van der Waals surface area contributed by atoms with Gasteiger partial charge in [-0.05, 0) is 19.1 Å². The number of carbonyl (C=O) groups is 2. The molecule has 0 aromatic rings. The predicted octanol–water partition coefficient (Wildman–Crippen LogP) is -0.342. The van der Waals surface area contributed by atoms with Gasteiger partial charge in [0.25, 0.3) is 11.4 Å². The van der Waals surface area contributed by atoms with Crippen molar-refractivity contribution in [1.29, 1.82) is 0 Å². The van der Waals surface area contributed by atoms with E-state index < -0.39 is 23.3 Å². The summed E-state index contributed by atoms with van der Waals surface area (Å²) in [7, 11) is 0. The molecule has 1 rings (SSSR count).